The molecule has 1 N–H and O–H groups in total. The minimum atomic E-state index is -3.87. The molecule has 1 aliphatic heterocycles. The highest BCUT2D eigenvalue weighted by molar-refractivity contribution is 7.88. The van der Waals surface area contributed by atoms with Crippen molar-refractivity contribution in [3.63, 3.8) is 0 Å². The highest BCUT2D eigenvalue weighted by Crippen LogP contribution is 2.21. The minimum absolute atomic E-state index is 0.0668. The molecule has 6 nitrogen and oxygen atoms in total. The first-order valence-corrected chi connectivity index (χ1v) is 8.24. The van der Waals surface area contributed by atoms with E-state index in [1.807, 2.05) is 19.2 Å². The summed E-state index contributed by atoms with van der Waals surface area (Å²) in [4.78, 5) is 12.8. The monoisotopic (exact) mass is 313 g/mol. The van der Waals surface area contributed by atoms with E-state index >= 15 is 0 Å². The van der Waals surface area contributed by atoms with Crippen LogP contribution in [0.1, 0.15) is 18.7 Å². The molecule has 2 heterocycles. The summed E-state index contributed by atoms with van der Waals surface area (Å²) in [6, 6.07) is 3.48. The van der Waals surface area contributed by atoms with Gasteiger partial charge in [0.25, 0.3) is 5.91 Å². The Hall–Kier alpha value is -1.67. The lowest BCUT2D eigenvalue weighted by Gasteiger charge is -2.23. The SMILES string of the molecule is CC(C)NC(=O)C1=CC(c2cccs2)=NS(=O)(=O)N1C. The molecule has 0 radical (unpaired) electrons. The van der Waals surface area contributed by atoms with Gasteiger partial charge in [0.05, 0.1) is 10.6 Å². The Bertz CT molecular complexity index is 673. The molecule has 1 aliphatic rings. The van der Waals surface area contributed by atoms with Gasteiger partial charge in [0.1, 0.15) is 5.70 Å². The van der Waals surface area contributed by atoms with Crippen molar-refractivity contribution in [2.45, 2.75) is 19.9 Å². The summed E-state index contributed by atoms with van der Waals surface area (Å²) in [5.74, 6) is -0.435. The van der Waals surface area contributed by atoms with Gasteiger partial charge in [-0.1, -0.05) is 6.07 Å². The van der Waals surface area contributed by atoms with Crippen molar-refractivity contribution in [1.82, 2.24) is 9.62 Å². The molecule has 0 saturated heterocycles. The van der Waals surface area contributed by atoms with Gasteiger partial charge in [-0.3, -0.25) is 4.79 Å². The van der Waals surface area contributed by atoms with Crippen LogP contribution < -0.4 is 5.32 Å². The van der Waals surface area contributed by atoms with Gasteiger partial charge in [0.15, 0.2) is 0 Å². The minimum Gasteiger partial charge on any atom is -0.349 e. The van der Waals surface area contributed by atoms with Crippen LogP contribution in [0.2, 0.25) is 0 Å². The second-order valence-electron chi connectivity index (χ2n) is 4.56. The molecule has 0 atom stereocenters. The summed E-state index contributed by atoms with van der Waals surface area (Å²) in [6.45, 7) is 3.62. The molecule has 0 saturated carbocycles. The smallest absolute Gasteiger partial charge is 0.345 e. The highest BCUT2D eigenvalue weighted by atomic mass is 32.2. The second kappa shape index (κ2) is 5.37. The van der Waals surface area contributed by atoms with Crippen LogP contribution >= 0.6 is 11.3 Å². The molecular weight excluding hydrogens is 298 g/mol. The van der Waals surface area contributed by atoms with E-state index in [2.05, 4.69) is 9.71 Å². The van der Waals surface area contributed by atoms with Gasteiger partial charge in [0, 0.05) is 13.1 Å². The molecule has 0 fully saturated rings. The average Bonchev–Trinajstić information content (AvgIpc) is 2.84. The zero-order chi connectivity index (χ0) is 14.9. The summed E-state index contributed by atoms with van der Waals surface area (Å²) in [5, 5.41) is 4.51. The molecule has 0 bridgehead atoms. The van der Waals surface area contributed by atoms with Crippen molar-refractivity contribution >= 4 is 33.2 Å². The van der Waals surface area contributed by atoms with Crippen LogP contribution in [0.5, 0.6) is 0 Å². The molecule has 0 spiro atoms. The lowest BCUT2D eigenvalue weighted by molar-refractivity contribution is -0.118. The third-order valence-electron chi connectivity index (χ3n) is 2.60. The van der Waals surface area contributed by atoms with Crippen molar-refractivity contribution in [2.75, 3.05) is 7.05 Å². The molecular formula is C12H15N3O3S2. The molecule has 1 aromatic heterocycles. The average molecular weight is 313 g/mol. The zero-order valence-electron chi connectivity index (χ0n) is 11.3. The van der Waals surface area contributed by atoms with Gasteiger partial charge in [0.2, 0.25) is 0 Å². The van der Waals surface area contributed by atoms with E-state index in [0.29, 0.717) is 4.88 Å². The summed E-state index contributed by atoms with van der Waals surface area (Å²) in [7, 11) is -2.55. The Labute approximate surface area is 122 Å². The fraction of sp³-hybridized carbons (Fsp3) is 0.333. The zero-order valence-corrected chi connectivity index (χ0v) is 13.0. The van der Waals surface area contributed by atoms with Crippen LogP contribution in [0, 0.1) is 0 Å². The van der Waals surface area contributed by atoms with Gasteiger partial charge in [-0.2, -0.15) is 8.42 Å². The second-order valence-corrected chi connectivity index (χ2v) is 7.13. The standard InChI is InChI=1S/C12H15N3O3S2/c1-8(2)13-12(16)10-7-9(11-5-4-6-19-11)14-20(17,18)15(10)3/h4-8H,1-3H3,(H,13,16). The number of thiophene rings is 1. The molecule has 0 aromatic carbocycles. The Morgan fingerprint density at radius 3 is 2.70 bits per heavy atom. The number of hydrogen-bond acceptors (Lipinski definition) is 4. The summed E-state index contributed by atoms with van der Waals surface area (Å²) < 4.78 is 28.6. The number of allylic oxidation sites excluding steroid dienone is 1. The van der Waals surface area contributed by atoms with E-state index in [9.17, 15) is 13.2 Å². The number of amides is 1. The molecule has 1 amide bonds. The number of nitrogens with zero attached hydrogens (tertiary/aromatic N) is 2. The lowest BCUT2D eigenvalue weighted by atomic mass is 10.2. The quantitative estimate of drug-likeness (QED) is 0.908. The van der Waals surface area contributed by atoms with Crippen molar-refractivity contribution in [3.05, 3.63) is 34.2 Å². The highest BCUT2D eigenvalue weighted by Gasteiger charge is 2.30. The maximum Gasteiger partial charge on any atom is 0.345 e. The number of rotatable bonds is 3. The molecule has 0 unspecified atom stereocenters. The third kappa shape index (κ3) is 2.91. The van der Waals surface area contributed by atoms with Crippen molar-refractivity contribution in [3.8, 4) is 0 Å². The topological polar surface area (TPSA) is 78.8 Å². The first-order chi connectivity index (χ1) is 9.31. The Kier molecular flexibility index (Phi) is 3.96. The summed E-state index contributed by atoms with van der Waals surface area (Å²) >= 11 is 1.37. The fourth-order valence-corrected chi connectivity index (χ4v) is 3.29. The molecule has 8 heteroatoms. The Balaban J connectivity index is 2.45. The van der Waals surface area contributed by atoms with Crippen molar-refractivity contribution in [2.24, 2.45) is 4.40 Å². The predicted molar refractivity (Wildman–Crippen MR) is 78.9 cm³/mol. The van der Waals surface area contributed by atoms with Gasteiger partial charge < -0.3 is 5.32 Å². The van der Waals surface area contributed by atoms with Crippen LogP contribution in [0.25, 0.3) is 0 Å². The fourth-order valence-electron chi connectivity index (χ4n) is 1.64. The number of carbonyl (C=O) groups is 1. The van der Waals surface area contributed by atoms with Crippen LogP contribution in [-0.4, -0.2) is 37.4 Å². The number of likely N-dealkylation sites (N-methyl/N-ethyl adjacent to an activating group) is 1. The molecule has 1 aromatic rings. The number of hydrogen-bond donors (Lipinski definition) is 1. The van der Waals surface area contributed by atoms with Gasteiger partial charge >= 0.3 is 10.2 Å². The van der Waals surface area contributed by atoms with Crippen LogP contribution in [0.15, 0.2) is 33.7 Å². The van der Waals surface area contributed by atoms with Crippen molar-refractivity contribution < 1.29 is 13.2 Å². The van der Waals surface area contributed by atoms with E-state index in [1.54, 1.807) is 12.1 Å². The lowest BCUT2D eigenvalue weighted by Crippen LogP contribution is -2.40. The summed E-state index contributed by atoms with van der Waals surface area (Å²) in [5.41, 5.74) is 0.351. The van der Waals surface area contributed by atoms with E-state index in [-0.39, 0.29) is 17.5 Å². The maximum atomic E-state index is 12.1. The van der Waals surface area contributed by atoms with Crippen molar-refractivity contribution in [1.29, 1.82) is 0 Å². The van der Waals surface area contributed by atoms with E-state index in [0.717, 1.165) is 4.31 Å². The Morgan fingerprint density at radius 2 is 2.15 bits per heavy atom. The Morgan fingerprint density at radius 1 is 1.45 bits per heavy atom. The van der Waals surface area contributed by atoms with E-state index in [1.165, 1.54) is 24.5 Å². The molecule has 108 valence electrons. The number of carbonyl (C=O) groups excluding carboxylic acids is 1. The molecule has 20 heavy (non-hydrogen) atoms. The van der Waals surface area contributed by atoms with Gasteiger partial charge in [-0.05, 0) is 31.4 Å². The molecule has 0 aliphatic carbocycles. The predicted octanol–water partition coefficient (Wildman–Crippen LogP) is 1.14. The normalized spacial score (nSPS) is 17.7. The van der Waals surface area contributed by atoms with Crippen LogP contribution in [0.3, 0.4) is 0 Å². The van der Waals surface area contributed by atoms with Gasteiger partial charge in [-0.15, -0.1) is 15.7 Å². The number of nitrogens with one attached hydrogen (secondary N) is 1. The molecule has 2 rings (SSSR count). The maximum absolute atomic E-state index is 12.1. The third-order valence-corrected chi connectivity index (χ3v) is 4.81. The largest absolute Gasteiger partial charge is 0.349 e. The van der Waals surface area contributed by atoms with E-state index < -0.39 is 16.1 Å². The summed E-state index contributed by atoms with van der Waals surface area (Å²) in [6.07, 6.45) is 1.49. The first-order valence-electron chi connectivity index (χ1n) is 5.96. The van der Waals surface area contributed by atoms with Gasteiger partial charge in [-0.25, -0.2) is 4.31 Å². The first kappa shape index (κ1) is 14.7. The van der Waals surface area contributed by atoms with E-state index in [4.69, 9.17) is 0 Å². The van der Waals surface area contributed by atoms with Crippen LogP contribution in [-0.2, 0) is 15.0 Å². The van der Waals surface area contributed by atoms with Crippen LogP contribution in [0.4, 0.5) is 0 Å².